The summed E-state index contributed by atoms with van der Waals surface area (Å²) in [5.74, 6) is 0.641. The predicted octanol–water partition coefficient (Wildman–Crippen LogP) is 4.58. The zero-order valence-corrected chi connectivity index (χ0v) is 15.7. The Morgan fingerprint density at radius 1 is 0.926 bits per heavy atom. The number of urea groups is 1. The lowest BCUT2D eigenvalue weighted by Crippen LogP contribution is -2.19. The number of nitrogens with one attached hydrogen (secondary N) is 3. The molecule has 3 rings (SSSR count). The molecular formula is C19H19ClN6O. The number of aromatic nitrogens is 2. The summed E-state index contributed by atoms with van der Waals surface area (Å²) < 4.78 is 0. The van der Waals surface area contributed by atoms with E-state index in [0.29, 0.717) is 22.2 Å². The van der Waals surface area contributed by atoms with Crippen LogP contribution in [0.1, 0.15) is 0 Å². The van der Waals surface area contributed by atoms with E-state index in [0.717, 1.165) is 11.4 Å². The highest BCUT2D eigenvalue weighted by molar-refractivity contribution is 6.30. The summed E-state index contributed by atoms with van der Waals surface area (Å²) >= 11 is 5.83. The van der Waals surface area contributed by atoms with Crippen LogP contribution in [-0.2, 0) is 0 Å². The molecule has 1 aromatic heterocycles. The number of amides is 2. The molecule has 27 heavy (non-hydrogen) atoms. The van der Waals surface area contributed by atoms with Gasteiger partial charge in [0.2, 0.25) is 0 Å². The average molecular weight is 383 g/mol. The second-order valence-electron chi connectivity index (χ2n) is 5.98. The second-order valence-corrected chi connectivity index (χ2v) is 6.42. The van der Waals surface area contributed by atoms with Crippen LogP contribution in [0.15, 0.2) is 60.8 Å². The third-order valence-corrected chi connectivity index (χ3v) is 3.93. The fourth-order valence-electron chi connectivity index (χ4n) is 2.27. The maximum absolute atomic E-state index is 12.1. The van der Waals surface area contributed by atoms with Gasteiger partial charge in [0.15, 0.2) is 5.82 Å². The summed E-state index contributed by atoms with van der Waals surface area (Å²) in [6.07, 6.45) is 1.69. The van der Waals surface area contributed by atoms with E-state index in [4.69, 9.17) is 11.6 Å². The quantitative estimate of drug-likeness (QED) is 0.601. The van der Waals surface area contributed by atoms with Crippen molar-refractivity contribution in [3.8, 4) is 0 Å². The zero-order valence-electron chi connectivity index (χ0n) is 14.9. The Morgan fingerprint density at radius 2 is 1.48 bits per heavy atom. The summed E-state index contributed by atoms with van der Waals surface area (Å²) in [6.45, 7) is 0. The Morgan fingerprint density at radius 3 is 2.07 bits per heavy atom. The van der Waals surface area contributed by atoms with E-state index in [1.54, 1.807) is 42.6 Å². The van der Waals surface area contributed by atoms with Crippen LogP contribution in [0, 0.1) is 0 Å². The summed E-state index contributed by atoms with van der Waals surface area (Å²) in [7, 11) is 3.88. The first-order valence-electron chi connectivity index (χ1n) is 8.20. The summed E-state index contributed by atoms with van der Waals surface area (Å²) in [5.41, 5.74) is 3.11. The molecule has 0 aliphatic heterocycles. The molecule has 0 aliphatic rings. The van der Waals surface area contributed by atoms with Gasteiger partial charge in [-0.1, -0.05) is 11.6 Å². The molecule has 7 nitrogen and oxygen atoms in total. The number of carbonyl (C=O) groups excluding carboxylic acids is 1. The molecule has 3 aromatic rings. The molecular weight excluding hydrogens is 364 g/mol. The third-order valence-electron chi connectivity index (χ3n) is 3.67. The molecule has 0 bridgehead atoms. The van der Waals surface area contributed by atoms with Gasteiger partial charge >= 0.3 is 6.03 Å². The number of hydrogen-bond acceptors (Lipinski definition) is 5. The average Bonchev–Trinajstić information content (AvgIpc) is 2.65. The topological polar surface area (TPSA) is 82.2 Å². The number of halogens is 1. The molecule has 138 valence electrons. The van der Waals surface area contributed by atoms with Crippen molar-refractivity contribution in [2.24, 2.45) is 0 Å². The predicted molar refractivity (Wildman–Crippen MR) is 110 cm³/mol. The minimum Gasteiger partial charge on any atom is -0.376 e. The number of nitrogens with zero attached hydrogens (tertiary/aromatic N) is 3. The molecule has 3 N–H and O–H groups in total. The maximum Gasteiger partial charge on any atom is 0.323 e. The molecule has 0 saturated heterocycles. The molecule has 0 saturated carbocycles. The van der Waals surface area contributed by atoms with Crippen molar-refractivity contribution in [1.82, 2.24) is 10.2 Å². The van der Waals surface area contributed by atoms with Crippen LogP contribution < -0.4 is 20.9 Å². The highest BCUT2D eigenvalue weighted by Crippen LogP contribution is 2.20. The first-order chi connectivity index (χ1) is 13.0. The summed E-state index contributed by atoms with van der Waals surface area (Å²) in [5, 5.41) is 17.4. The fourth-order valence-corrected chi connectivity index (χ4v) is 2.40. The third kappa shape index (κ3) is 5.32. The van der Waals surface area contributed by atoms with Gasteiger partial charge in [-0.05, 0) is 48.5 Å². The van der Waals surface area contributed by atoms with Crippen LogP contribution in [0.2, 0.25) is 5.02 Å². The van der Waals surface area contributed by atoms with Crippen LogP contribution in [0.4, 0.5) is 33.4 Å². The van der Waals surface area contributed by atoms with E-state index in [9.17, 15) is 4.79 Å². The first-order valence-corrected chi connectivity index (χ1v) is 8.58. The molecule has 0 radical (unpaired) electrons. The normalized spacial score (nSPS) is 10.2. The highest BCUT2D eigenvalue weighted by atomic mass is 35.5. The van der Waals surface area contributed by atoms with Gasteiger partial charge in [0.25, 0.3) is 0 Å². The smallest absolute Gasteiger partial charge is 0.323 e. The summed E-state index contributed by atoms with van der Waals surface area (Å²) in [6, 6.07) is 15.8. The number of anilines is 5. The molecule has 0 aliphatic carbocycles. The SMILES string of the molecule is CN(C)c1cnnc(Nc2ccc(NC(=O)Nc3ccc(Cl)cc3)cc2)c1. The van der Waals surface area contributed by atoms with E-state index in [2.05, 4.69) is 26.1 Å². The van der Waals surface area contributed by atoms with Gasteiger partial charge in [0.1, 0.15) is 0 Å². The second kappa shape index (κ2) is 8.37. The molecule has 1 heterocycles. The van der Waals surface area contributed by atoms with Crippen molar-refractivity contribution in [3.05, 3.63) is 65.8 Å². The Kier molecular flexibility index (Phi) is 5.73. The van der Waals surface area contributed by atoms with Crippen LogP contribution in [0.3, 0.4) is 0 Å². The molecule has 0 spiro atoms. The minimum atomic E-state index is -0.331. The van der Waals surface area contributed by atoms with Gasteiger partial charge in [0, 0.05) is 42.2 Å². The van der Waals surface area contributed by atoms with Crippen LogP contribution in [-0.4, -0.2) is 30.3 Å². The lowest BCUT2D eigenvalue weighted by molar-refractivity contribution is 0.262. The van der Waals surface area contributed by atoms with Gasteiger partial charge in [-0.25, -0.2) is 4.79 Å². The van der Waals surface area contributed by atoms with Crippen molar-refractivity contribution < 1.29 is 4.79 Å². The zero-order chi connectivity index (χ0) is 19.2. The number of rotatable bonds is 5. The van der Waals surface area contributed by atoms with Crippen molar-refractivity contribution in [1.29, 1.82) is 0 Å². The van der Waals surface area contributed by atoms with Crippen molar-refractivity contribution >= 4 is 46.2 Å². The van der Waals surface area contributed by atoms with Gasteiger partial charge in [0.05, 0.1) is 11.9 Å². The van der Waals surface area contributed by atoms with Crippen molar-refractivity contribution in [2.75, 3.05) is 34.9 Å². The number of benzene rings is 2. The van der Waals surface area contributed by atoms with Crippen LogP contribution >= 0.6 is 11.6 Å². The molecule has 0 fully saturated rings. The van der Waals surface area contributed by atoms with Crippen LogP contribution in [0.5, 0.6) is 0 Å². The van der Waals surface area contributed by atoms with E-state index in [1.165, 1.54) is 0 Å². The van der Waals surface area contributed by atoms with Gasteiger partial charge in [-0.15, -0.1) is 5.10 Å². The van der Waals surface area contributed by atoms with Gasteiger partial charge in [-0.3, -0.25) is 0 Å². The first kappa shape index (κ1) is 18.5. The van der Waals surface area contributed by atoms with E-state index in [1.807, 2.05) is 37.2 Å². The van der Waals surface area contributed by atoms with E-state index < -0.39 is 0 Å². The van der Waals surface area contributed by atoms with E-state index in [-0.39, 0.29) is 6.03 Å². The highest BCUT2D eigenvalue weighted by Gasteiger charge is 2.04. The Balaban J connectivity index is 1.59. The summed E-state index contributed by atoms with van der Waals surface area (Å²) in [4.78, 5) is 14.0. The van der Waals surface area contributed by atoms with Gasteiger partial charge in [-0.2, -0.15) is 5.10 Å². The Bertz CT molecular complexity index is 912. The van der Waals surface area contributed by atoms with Crippen molar-refractivity contribution in [2.45, 2.75) is 0 Å². The minimum absolute atomic E-state index is 0.331. The molecule has 0 atom stereocenters. The Labute approximate surface area is 162 Å². The van der Waals surface area contributed by atoms with Crippen molar-refractivity contribution in [3.63, 3.8) is 0 Å². The standard InChI is InChI=1S/C19H19ClN6O/c1-26(2)17-11-18(25-21-12-17)22-14-7-9-16(10-8-14)24-19(27)23-15-5-3-13(20)4-6-15/h3-12H,1-2H3,(H,22,25)(H2,23,24,27). The Hall–Kier alpha value is -3.32. The number of hydrogen-bond donors (Lipinski definition) is 3. The lowest BCUT2D eigenvalue weighted by atomic mass is 10.2. The maximum atomic E-state index is 12.1. The van der Waals surface area contributed by atoms with Gasteiger partial charge < -0.3 is 20.9 Å². The number of carbonyl (C=O) groups is 1. The lowest BCUT2D eigenvalue weighted by Gasteiger charge is -2.13. The molecule has 0 unspecified atom stereocenters. The fraction of sp³-hybridized carbons (Fsp3) is 0.105. The molecule has 8 heteroatoms. The van der Waals surface area contributed by atoms with Crippen LogP contribution in [0.25, 0.3) is 0 Å². The molecule has 2 aromatic carbocycles. The largest absolute Gasteiger partial charge is 0.376 e. The monoisotopic (exact) mass is 382 g/mol. The van der Waals surface area contributed by atoms with E-state index >= 15 is 0 Å². The molecule has 2 amide bonds.